The highest BCUT2D eigenvalue weighted by Crippen LogP contribution is 2.45. The van der Waals surface area contributed by atoms with Crippen LogP contribution < -0.4 is 4.52 Å². The fourth-order valence-corrected chi connectivity index (χ4v) is 7.07. The number of aryl methyl sites for hydroxylation is 1. The Bertz CT molecular complexity index is 679. The van der Waals surface area contributed by atoms with E-state index in [4.69, 9.17) is 9.05 Å². The van der Waals surface area contributed by atoms with Gasteiger partial charge < -0.3 is 4.52 Å². The van der Waals surface area contributed by atoms with E-state index in [2.05, 4.69) is 20.8 Å². The van der Waals surface area contributed by atoms with Crippen LogP contribution in [0.15, 0.2) is 24.3 Å². The van der Waals surface area contributed by atoms with Gasteiger partial charge in [-0.2, -0.15) is 0 Å². The third-order valence-electron chi connectivity index (χ3n) is 7.03. The molecule has 0 fully saturated rings. The highest BCUT2D eigenvalue weighted by atomic mass is 31.2. The second-order valence-corrected chi connectivity index (χ2v) is 14.5. The third kappa shape index (κ3) is 18.0. The Kier molecular flexibility index (Phi) is 21.1. The maximum atomic E-state index is 12.5. The van der Waals surface area contributed by atoms with Gasteiger partial charge in [0.05, 0.1) is 6.61 Å². The molecule has 0 aliphatic heterocycles. The lowest BCUT2D eigenvalue weighted by molar-refractivity contribution is 0.199. The van der Waals surface area contributed by atoms with Crippen molar-refractivity contribution in [3.05, 3.63) is 29.8 Å². The van der Waals surface area contributed by atoms with Crippen molar-refractivity contribution < 1.29 is 18.5 Å². The fourth-order valence-electron chi connectivity index (χ4n) is 4.60. The Balaban J connectivity index is 2.05. The normalized spacial score (nSPS) is 13.2. The van der Waals surface area contributed by atoms with Gasteiger partial charge in [0.25, 0.3) is 0 Å². The van der Waals surface area contributed by atoms with Gasteiger partial charge in [0, 0.05) is 0 Å². The molecule has 0 bridgehead atoms. The van der Waals surface area contributed by atoms with Crippen LogP contribution in [0.1, 0.15) is 129 Å². The minimum Gasteiger partial charge on any atom is -0.404 e. The topological polar surface area (TPSA) is 55.8 Å². The summed E-state index contributed by atoms with van der Waals surface area (Å²) in [5.41, 5.74) is 0.993. The lowest BCUT2D eigenvalue weighted by Gasteiger charge is -2.17. The molecule has 1 unspecified atom stereocenters. The Morgan fingerprint density at radius 2 is 1.19 bits per heavy atom. The Labute approximate surface area is 224 Å². The fraction of sp³-hybridized carbons (Fsp3) is 0.800. The monoisotopic (exact) mass is 542 g/mol. The number of phosphoric acid groups is 1. The maximum absolute atomic E-state index is 12.5. The van der Waals surface area contributed by atoms with Crippen molar-refractivity contribution in [3.8, 4) is 5.75 Å². The highest BCUT2D eigenvalue weighted by Gasteiger charge is 2.24. The van der Waals surface area contributed by atoms with Crippen LogP contribution in [-0.2, 0) is 15.5 Å². The van der Waals surface area contributed by atoms with Crippen LogP contribution in [0.4, 0.5) is 0 Å². The molecule has 1 N–H and O–H groups in total. The molecule has 0 saturated heterocycles. The van der Waals surface area contributed by atoms with Crippen LogP contribution in [0.5, 0.6) is 5.75 Å². The third-order valence-corrected chi connectivity index (χ3v) is 10.6. The van der Waals surface area contributed by atoms with Gasteiger partial charge in [-0.25, -0.2) is 4.57 Å². The van der Waals surface area contributed by atoms with E-state index >= 15 is 0 Å². The number of hydrogen-bond acceptors (Lipinski definition) is 3. The van der Waals surface area contributed by atoms with Crippen molar-refractivity contribution in [2.75, 3.05) is 25.1 Å². The van der Waals surface area contributed by atoms with Gasteiger partial charge in [-0.3, -0.25) is 9.42 Å². The van der Waals surface area contributed by atoms with Gasteiger partial charge in [0.15, 0.2) is 0 Å². The van der Waals surface area contributed by atoms with E-state index in [-0.39, 0.29) is 14.5 Å². The largest absolute Gasteiger partial charge is 0.527 e. The van der Waals surface area contributed by atoms with Crippen LogP contribution in [0.3, 0.4) is 0 Å². The SMILES string of the molecule is CCCCCCCCCCCCCCCCCCOP(=O)(O)Oc1ccccc1CCP(CC)CC. The summed E-state index contributed by atoms with van der Waals surface area (Å²) >= 11 is 0. The van der Waals surface area contributed by atoms with Crippen molar-refractivity contribution in [2.45, 2.75) is 130 Å². The molecule has 210 valence electrons. The molecular formula is C30H56O4P2. The summed E-state index contributed by atoms with van der Waals surface area (Å²) in [6.07, 6.45) is 25.3. The Morgan fingerprint density at radius 1 is 0.722 bits per heavy atom. The molecule has 0 aliphatic carbocycles. The molecule has 1 atom stereocenters. The van der Waals surface area contributed by atoms with E-state index in [1.165, 1.54) is 102 Å². The summed E-state index contributed by atoms with van der Waals surface area (Å²) in [5, 5.41) is 0. The molecule has 0 saturated carbocycles. The van der Waals surface area contributed by atoms with Gasteiger partial charge in [-0.05, 0) is 43.0 Å². The van der Waals surface area contributed by atoms with Gasteiger partial charge in [-0.1, -0.05) is 135 Å². The molecular weight excluding hydrogens is 486 g/mol. The van der Waals surface area contributed by atoms with Crippen LogP contribution in [0.25, 0.3) is 0 Å². The second kappa shape index (κ2) is 22.6. The van der Waals surface area contributed by atoms with Gasteiger partial charge >= 0.3 is 7.82 Å². The number of benzene rings is 1. The molecule has 0 aromatic heterocycles. The first-order valence-electron chi connectivity index (χ1n) is 15.0. The lowest BCUT2D eigenvalue weighted by atomic mass is 10.0. The summed E-state index contributed by atoms with van der Waals surface area (Å²) in [4.78, 5) is 10.2. The predicted octanol–water partition coefficient (Wildman–Crippen LogP) is 10.5. The van der Waals surface area contributed by atoms with E-state index in [0.29, 0.717) is 5.75 Å². The van der Waals surface area contributed by atoms with E-state index in [9.17, 15) is 9.46 Å². The van der Waals surface area contributed by atoms with Crippen LogP contribution in [-0.4, -0.2) is 30.0 Å². The molecule has 0 amide bonds. The number of para-hydroxylation sites is 1. The van der Waals surface area contributed by atoms with Crippen LogP contribution >= 0.6 is 15.7 Å². The quantitative estimate of drug-likeness (QED) is 0.0986. The molecule has 36 heavy (non-hydrogen) atoms. The Morgan fingerprint density at radius 3 is 1.69 bits per heavy atom. The highest BCUT2D eigenvalue weighted by molar-refractivity contribution is 7.57. The molecule has 4 nitrogen and oxygen atoms in total. The zero-order valence-corrected chi connectivity index (χ0v) is 25.5. The summed E-state index contributed by atoms with van der Waals surface area (Å²) in [7, 11) is -4.06. The molecule has 1 aromatic rings. The standard InChI is InChI=1S/C30H56O4P2/c1-4-7-8-9-10-11-12-13-14-15-16-17-18-19-20-23-27-33-36(31,32)34-30-25-22-21-24-29(30)26-28-35(5-2)6-3/h21-22,24-25H,4-20,23,26-28H2,1-3H3,(H,31,32). The van der Waals surface area contributed by atoms with Crippen LogP contribution in [0.2, 0.25) is 0 Å². The van der Waals surface area contributed by atoms with E-state index in [0.717, 1.165) is 31.0 Å². The second-order valence-electron chi connectivity index (χ2n) is 10.1. The van der Waals surface area contributed by atoms with E-state index in [1.807, 2.05) is 18.2 Å². The molecule has 1 aromatic carbocycles. The van der Waals surface area contributed by atoms with Crippen molar-refractivity contribution in [2.24, 2.45) is 0 Å². The van der Waals surface area contributed by atoms with Crippen molar-refractivity contribution >= 4 is 15.7 Å². The predicted molar refractivity (Wildman–Crippen MR) is 159 cm³/mol. The first-order valence-corrected chi connectivity index (χ1v) is 18.4. The number of phosphoric ester groups is 1. The van der Waals surface area contributed by atoms with Gasteiger partial charge in [-0.15, -0.1) is 7.92 Å². The summed E-state index contributed by atoms with van der Waals surface area (Å²) in [6, 6.07) is 7.57. The molecule has 1 rings (SSSR count). The van der Waals surface area contributed by atoms with Crippen molar-refractivity contribution in [1.82, 2.24) is 0 Å². The van der Waals surface area contributed by atoms with E-state index in [1.54, 1.807) is 6.07 Å². The summed E-state index contributed by atoms with van der Waals surface area (Å²) < 4.78 is 23.2. The smallest absolute Gasteiger partial charge is 0.404 e. The first kappa shape index (κ1) is 33.6. The van der Waals surface area contributed by atoms with Crippen LogP contribution in [0, 0.1) is 0 Å². The minimum absolute atomic E-state index is 0.0293. The summed E-state index contributed by atoms with van der Waals surface area (Å²) in [5.74, 6) is 0.484. The van der Waals surface area contributed by atoms with Crippen molar-refractivity contribution in [3.63, 3.8) is 0 Å². The molecule has 6 heteroatoms. The minimum atomic E-state index is -4.09. The number of hydrogen-bond donors (Lipinski definition) is 1. The first-order chi connectivity index (χ1) is 17.5. The van der Waals surface area contributed by atoms with Crippen molar-refractivity contribution in [1.29, 1.82) is 0 Å². The van der Waals surface area contributed by atoms with Gasteiger partial charge in [0.2, 0.25) is 0 Å². The molecule has 0 spiro atoms. The molecule has 0 aliphatic rings. The summed E-state index contributed by atoms with van der Waals surface area (Å²) in [6.45, 7) is 7.03. The maximum Gasteiger partial charge on any atom is 0.527 e. The zero-order valence-electron chi connectivity index (χ0n) is 23.7. The average Bonchev–Trinajstić information content (AvgIpc) is 2.87. The Hall–Kier alpha value is -0.400. The van der Waals surface area contributed by atoms with Gasteiger partial charge in [0.1, 0.15) is 5.75 Å². The lowest BCUT2D eigenvalue weighted by Crippen LogP contribution is -2.02. The number of unbranched alkanes of at least 4 members (excludes halogenated alkanes) is 15. The average molecular weight is 543 g/mol. The molecule has 0 heterocycles. The number of rotatable bonds is 25. The molecule has 0 radical (unpaired) electrons. The zero-order chi connectivity index (χ0) is 26.3. The van der Waals surface area contributed by atoms with E-state index < -0.39 is 7.82 Å².